The lowest BCUT2D eigenvalue weighted by Gasteiger charge is -2.40. The number of carbonyl (C=O) groups is 2. The van der Waals surface area contributed by atoms with E-state index in [1.165, 1.54) is 0 Å². The van der Waals surface area contributed by atoms with Crippen LogP contribution in [0.5, 0.6) is 0 Å². The molecule has 1 aromatic carbocycles. The first-order valence-electron chi connectivity index (χ1n) is 10.8. The smallest absolute Gasteiger partial charge is 0.295 e. The second-order valence-electron chi connectivity index (χ2n) is 9.07. The standard InChI is InChI=1S/C25H25BrN2O3/c1-13-10-18-19(11-14(13)2)31-24-21(23(18)29)22(16-7-5-8-17(26)12-16)28(25(24)30)20-9-4-6-15(3)27-20/h4-9,12-14,18-19,22H,10-11H2,1-3H3. The summed E-state index contributed by atoms with van der Waals surface area (Å²) in [5.74, 6) is 1.23. The molecule has 1 amide bonds. The van der Waals surface area contributed by atoms with Crippen molar-refractivity contribution >= 4 is 33.4 Å². The average Bonchev–Trinajstić information content (AvgIpc) is 3.02. The van der Waals surface area contributed by atoms with Crippen LogP contribution in [-0.2, 0) is 14.3 Å². The van der Waals surface area contributed by atoms with Crippen LogP contribution in [0, 0.1) is 24.7 Å². The van der Waals surface area contributed by atoms with Crippen molar-refractivity contribution in [3.05, 3.63) is 69.5 Å². The summed E-state index contributed by atoms with van der Waals surface area (Å²) in [5.41, 5.74) is 2.16. The molecule has 0 bridgehead atoms. The molecule has 6 heteroatoms. The third-order valence-corrected chi connectivity index (χ3v) is 7.49. The fourth-order valence-electron chi connectivity index (χ4n) is 5.15. The van der Waals surface area contributed by atoms with E-state index in [2.05, 4.69) is 34.8 Å². The van der Waals surface area contributed by atoms with E-state index in [1.807, 2.05) is 49.4 Å². The number of amides is 1. The molecule has 1 saturated carbocycles. The number of fused-ring (bicyclic) bond motifs is 1. The zero-order valence-corrected chi connectivity index (χ0v) is 19.4. The Morgan fingerprint density at radius 1 is 1.06 bits per heavy atom. The van der Waals surface area contributed by atoms with E-state index < -0.39 is 6.04 Å². The summed E-state index contributed by atoms with van der Waals surface area (Å²) in [6.45, 7) is 6.29. The Bertz CT molecular complexity index is 1110. The number of hydrogen-bond donors (Lipinski definition) is 0. The highest BCUT2D eigenvalue weighted by Gasteiger charge is 2.54. The molecule has 0 radical (unpaired) electrons. The van der Waals surface area contributed by atoms with E-state index in [1.54, 1.807) is 4.90 Å². The Balaban J connectivity index is 1.65. The third kappa shape index (κ3) is 3.32. The highest BCUT2D eigenvalue weighted by atomic mass is 79.9. The molecule has 5 nitrogen and oxygen atoms in total. The van der Waals surface area contributed by atoms with E-state index in [9.17, 15) is 9.59 Å². The van der Waals surface area contributed by atoms with E-state index in [0.717, 1.165) is 28.6 Å². The van der Waals surface area contributed by atoms with Crippen LogP contribution < -0.4 is 4.90 Å². The van der Waals surface area contributed by atoms with Crippen LogP contribution in [0.4, 0.5) is 5.82 Å². The van der Waals surface area contributed by atoms with Gasteiger partial charge in [0.2, 0.25) is 0 Å². The van der Waals surface area contributed by atoms with E-state index in [0.29, 0.717) is 23.2 Å². The molecule has 1 aliphatic carbocycles. The maximum absolute atomic E-state index is 13.8. The van der Waals surface area contributed by atoms with Crippen LogP contribution in [0.3, 0.4) is 0 Å². The van der Waals surface area contributed by atoms with Crippen molar-refractivity contribution < 1.29 is 14.3 Å². The fraction of sp³-hybridized carbons (Fsp3) is 0.400. The minimum Gasteiger partial charge on any atom is -0.483 e. The largest absolute Gasteiger partial charge is 0.483 e. The molecule has 3 heterocycles. The number of ketones is 1. The van der Waals surface area contributed by atoms with E-state index in [4.69, 9.17) is 4.74 Å². The molecule has 1 fully saturated rings. The molecule has 31 heavy (non-hydrogen) atoms. The second-order valence-corrected chi connectivity index (χ2v) is 9.98. The molecule has 5 rings (SSSR count). The maximum Gasteiger partial charge on any atom is 0.295 e. The van der Waals surface area contributed by atoms with Gasteiger partial charge in [-0.15, -0.1) is 0 Å². The van der Waals surface area contributed by atoms with Gasteiger partial charge in [0.25, 0.3) is 5.91 Å². The number of halogens is 1. The van der Waals surface area contributed by atoms with Gasteiger partial charge in [0.15, 0.2) is 11.5 Å². The molecule has 2 aliphatic heterocycles. The number of benzene rings is 1. The quantitative estimate of drug-likeness (QED) is 0.596. The Hall–Kier alpha value is -2.47. The van der Waals surface area contributed by atoms with Gasteiger partial charge in [-0.05, 0) is 61.4 Å². The van der Waals surface area contributed by atoms with Gasteiger partial charge in [-0.1, -0.05) is 48.0 Å². The number of hydrogen-bond acceptors (Lipinski definition) is 4. The summed E-state index contributed by atoms with van der Waals surface area (Å²) in [5, 5.41) is 0. The van der Waals surface area contributed by atoms with Gasteiger partial charge in [0, 0.05) is 10.2 Å². The minimum atomic E-state index is -0.544. The fourth-order valence-corrected chi connectivity index (χ4v) is 5.57. The van der Waals surface area contributed by atoms with Crippen molar-refractivity contribution in [2.75, 3.05) is 4.90 Å². The number of rotatable bonds is 2. The number of Topliss-reactive ketones (excluding diaryl/α,β-unsaturated/α-hetero) is 1. The molecular weight excluding hydrogens is 456 g/mol. The van der Waals surface area contributed by atoms with Gasteiger partial charge in [-0.25, -0.2) is 4.98 Å². The van der Waals surface area contributed by atoms with Crippen molar-refractivity contribution in [3.63, 3.8) is 0 Å². The first kappa shape index (κ1) is 20.4. The Morgan fingerprint density at radius 2 is 1.81 bits per heavy atom. The number of anilines is 1. The highest BCUT2D eigenvalue weighted by Crippen LogP contribution is 2.49. The van der Waals surface area contributed by atoms with Gasteiger partial charge < -0.3 is 4.74 Å². The maximum atomic E-state index is 13.8. The zero-order valence-electron chi connectivity index (χ0n) is 17.8. The first-order valence-corrected chi connectivity index (χ1v) is 11.6. The van der Waals surface area contributed by atoms with Crippen LogP contribution in [0.2, 0.25) is 0 Å². The van der Waals surface area contributed by atoms with Crippen LogP contribution in [0.25, 0.3) is 0 Å². The van der Waals surface area contributed by atoms with Gasteiger partial charge >= 0.3 is 0 Å². The number of aromatic nitrogens is 1. The molecule has 3 aliphatic rings. The van der Waals surface area contributed by atoms with Gasteiger partial charge in [0.1, 0.15) is 11.9 Å². The molecule has 160 valence electrons. The minimum absolute atomic E-state index is 0.0541. The van der Waals surface area contributed by atoms with Crippen molar-refractivity contribution in [3.8, 4) is 0 Å². The Morgan fingerprint density at radius 3 is 2.55 bits per heavy atom. The number of nitrogens with zero attached hydrogens (tertiary/aromatic N) is 2. The van der Waals surface area contributed by atoms with Gasteiger partial charge in [0.05, 0.1) is 17.5 Å². The van der Waals surface area contributed by atoms with Crippen molar-refractivity contribution in [2.24, 2.45) is 17.8 Å². The van der Waals surface area contributed by atoms with Crippen molar-refractivity contribution in [1.29, 1.82) is 0 Å². The van der Waals surface area contributed by atoms with Crippen LogP contribution in [-0.4, -0.2) is 22.8 Å². The lowest BCUT2D eigenvalue weighted by atomic mass is 9.70. The van der Waals surface area contributed by atoms with Gasteiger partial charge in [-0.2, -0.15) is 0 Å². The molecule has 0 saturated heterocycles. The zero-order chi connectivity index (χ0) is 21.9. The molecule has 5 unspecified atom stereocenters. The normalized spacial score (nSPS) is 30.2. The summed E-state index contributed by atoms with van der Waals surface area (Å²) in [7, 11) is 0. The summed E-state index contributed by atoms with van der Waals surface area (Å²) < 4.78 is 7.20. The van der Waals surface area contributed by atoms with Crippen LogP contribution >= 0.6 is 15.9 Å². The number of aryl methyl sites for hydroxylation is 1. The molecule has 0 N–H and O–H groups in total. The lowest BCUT2D eigenvalue weighted by Crippen LogP contribution is -2.43. The van der Waals surface area contributed by atoms with Crippen molar-refractivity contribution in [1.82, 2.24) is 4.98 Å². The van der Waals surface area contributed by atoms with Crippen molar-refractivity contribution in [2.45, 2.75) is 45.8 Å². The van der Waals surface area contributed by atoms with Crippen LogP contribution in [0.15, 0.2) is 58.3 Å². The molecule has 0 spiro atoms. The predicted octanol–water partition coefficient (Wildman–Crippen LogP) is 5.14. The predicted molar refractivity (Wildman–Crippen MR) is 121 cm³/mol. The molecular formula is C25H25BrN2O3. The third-order valence-electron chi connectivity index (χ3n) is 7.00. The van der Waals surface area contributed by atoms with E-state index in [-0.39, 0.29) is 29.5 Å². The topological polar surface area (TPSA) is 59.5 Å². The Labute approximate surface area is 190 Å². The summed E-state index contributed by atoms with van der Waals surface area (Å²) >= 11 is 3.53. The van der Waals surface area contributed by atoms with Gasteiger partial charge in [-0.3, -0.25) is 14.5 Å². The summed E-state index contributed by atoms with van der Waals surface area (Å²) in [6, 6.07) is 12.8. The lowest BCUT2D eigenvalue weighted by molar-refractivity contribution is -0.134. The SMILES string of the molecule is Cc1cccc(N2C(=O)C3=C(C(=O)C4CC(C)C(C)CC4O3)C2c2cccc(Br)c2)n1. The summed E-state index contributed by atoms with van der Waals surface area (Å²) in [4.78, 5) is 33.7. The monoisotopic (exact) mass is 480 g/mol. The Kier molecular flexibility index (Phi) is 5.00. The molecule has 5 atom stereocenters. The highest BCUT2D eigenvalue weighted by molar-refractivity contribution is 9.10. The second kappa shape index (κ2) is 7.59. The number of pyridine rings is 1. The molecule has 1 aromatic heterocycles. The van der Waals surface area contributed by atoms with Crippen LogP contribution in [0.1, 0.15) is 44.0 Å². The molecule has 2 aromatic rings. The first-order chi connectivity index (χ1) is 14.8. The van der Waals surface area contributed by atoms with E-state index >= 15 is 0 Å². The summed E-state index contributed by atoms with van der Waals surface area (Å²) in [6.07, 6.45) is 1.37. The number of carbonyl (C=O) groups excluding carboxylic acids is 2. The average molecular weight is 481 g/mol. The number of ether oxygens (including phenoxy) is 1.